The molecule has 13 heavy (non-hydrogen) atoms. The first-order valence-corrected chi connectivity index (χ1v) is 4.55. The highest BCUT2D eigenvalue weighted by Crippen LogP contribution is 2.20. The first kappa shape index (κ1) is 10.4. The van der Waals surface area contributed by atoms with Crippen molar-refractivity contribution < 1.29 is 17.9 Å². The number of ether oxygens (including phenoxy) is 1. The molecule has 1 rings (SSSR count). The largest absolute Gasteiger partial charge is 0.435 e. The van der Waals surface area contributed by atoms with E-state index in [4.69, 9.17) is 0 Å². The van der Waals surface area contributed by atoms with E-state index in [-0.39, 0.29) is 16.6 Å². The molecule has 0 amide bonds. The summed E-state index contributed by atoms with van der Waals surface area (Å²) >= 11 is 3.03. The summed E-state index contributed by atoms with van der Waals surface area (Å²) in [5, 5.41) is 0.263. The summed E-state index contributed by atoms with van der Waals surface area (Å²) in [7, 11) is 0. The quantitative estimate of drug-likeness (QED) is 0.753. The van der Waals surface area contributed by atoms with E-state index < -0.39 is 12.4 Å². The third kappa shape index (κ3) is 2.91. The fraction of sp³-hybridized carbons (Fsp3) is 0.250. The molecule has 0 aliphatic carbocycles. The summed E-state index contributed by atoms with van der Waals surface area (Å²) in [5.74, 6) is -0.482. The van der Waals surface area contributed by atoms with Gasteiger partial charge in [-0.3, -0.25) is 0 Å². The van der Waals surface area contributed by atoms with E-state index in [0.717, 1.165) is 12.1 Å². The van der Waals surface area contributed by atoms with E-state index in [1.807, 2.05) is 0 Å². The summed E-state index contributed by atoms with van der Waals surface area (Å²) in [6.07, 6.45) is 0. The second-order valence-corrected chi connectivity index (χ2v) is 2.83. The van der Waals surface area contributed by atoms with Crippen LogP contribution < -0.4 is 4.74 Å². The van der Waals surface area contributed by atoms with Gasteiger partial charge in [-0.05, 0) is 18.2 Å². The van der Waals surface area contributed by atoms with Gasteiger partial charge in [0.2, 0.25) is 0 Å². The van der Waals surface area contributed by atoms with Gasteiger partial charge >= 0.3 is 6.61 Å². The zero-order valence-electron chi connectivity index (χ0n) is 6.44. The Morgan fingerprint density at radius 2 is 2.08 bits per heavy atom. The van der Waals surface area contributed by atoms with Crippen LogP contribution in [0.25, 0.3) is 0 Å². The van der Waals surface area contributed by atoms with Crippen LogP contribution in [0.1, 0.15) is 5.56 Å². The summed E-state index contributed by atoms with van der Waals surface area (Å²) in [5.41, 5.74) is 0.290. The van der Waals surface area contributed by atoms with Crippen LogP contribution >= 0.6 is 15.9 Å². The minimum Gasteiger partial charge on any atom is -0.435 e. The molecule has 0 fully saturated rings. The second kappa shape index (κ2) is 4.50. The zero-order valence-corrected chi connectivity index (χ0v) is 8.02. The predicted octanol–water partition coefficient (Wildman–Crippen LogP) is 3.32. The highest BCUT2D eigenvalue weighted by atomic mass is 79.9. The van der Waals surface area contributed by atoms with E-state index in [1.54, 1.807) is 0 Å². The highest BCUT2D eigenvalue weighted by Gasteiger charge is 2.07. The van der Waals surface area contributed by atoms with Crippen molar-refractivity contribution in [3.05, 3.63) is 29.6 Å². The molecule has 0 N–H and O–H groups in total. The second-order valence-electron chi connectivity index (χ2n) is 2.27. The maximum absolute atomic E-state index is 12.8. The SMILES string of the molecule is Fc1ccc(OC(F)F)cc1CBr. The van der Waals surface area contributed by atoms with Crippen molar-refractivity contribution in [2.75, 3.05) is 0 Å². The normalized spacial score (nSPS) is 10.5. The lowest BCUT2D eigenvalue weighted by Gasteiger charge is -2.05. The van der Waals surface area contributed by atoms with Gasteiger partial charge in [-0.25, -0.2) is 4.39 Å². The molecule has 1 aromatic carbocycles. The molecule has 0 aromatic heterocycles. The molecule has 0 spiro atoms. The Hall–Kier alpha value is -0.710. The van der Waals surface area contributed by atoms with Crippen molar-refractivity contribution >= 4 is 15.9 Å². The molecule has 1 aromatic rings. The van der Waals surface area contributed by atoms with Gasteiger partial charge in [-0.15, -0.1) is 0 Å². The molecule has 0 radical (unpaired) electrons. The van der Waals surface area contributed by atoms with Crippen molar-refractivity contribution in [2.45, 2.75) is 11.9 Å². The van der Waals surface area contributed by atoms with Crippen molar-refractivity contribution in [3.63, 3.8) is 0 Å². The molecule has 0 aliphatic heterocycles. The van der Waals surface area contributed by atoms with Gasteiger partial charge in [0.1, 0.15) is 11.6 Å². The Bertz CT molecular complexity index is 291. The van der Waals surface area contributed by atoms with Crippen LogP contribution in [0.4, 0.5) is 13.2 Å². The Kier molecular flexibility index (Phi) is 3.59. The Balaban J connectivity index is 2.86. The predicted molar refractivity (Wildman–Crippen MR) is 45.7 cm³/mol. The minimum absolute atomic E-state index is 0.0362. The number of alkyl halides is 3. The smallest absolute Gasteiger partial charge is 0.387 e. The number of hydrogen-bond acceptors (Lipinski definition) is 1. The number of benzene rings is 1. The molecule has 0 saturated carbocycles. The van der Waals surface area contributed by atoms with Gasteiger partial charge in [-0.2, -0.15) is 8.78 Å². The minimum atomic E-state index is -2.88. The maximum atomic E-state index is 12.8. The van der Waals surface area contributed by atoms with Gasteiger partial charge in [0.25, 0.3) is 0 Å². The molecule has 0 saturated heterocycles. The van der Waals surface area contributed by atoms with Crippen molar-refractivity contribution in [2.24, 2.45) is 0 Å². The van der Waals surface area contributed by atoms with Crippen molar-refractivity contribution in [1.29, 1.82) is 0 Å². The fourth-order valence-electron chi connectivity index (χ4n) is 0.830. The standard InChI is InChI=1S/C8H6BrF3O/c9-4-5-3-6(13-8(11)12)1-2-7(5)10/h1-3,8H,4H2. The van der Waals surface area contributed by atoms with Crippen molar-refractivity contribution in [3.8, 4) is 5.75 Å². The molecule has 0 unspecified atom stereocenters. The molecular formula is C8H6BrF3O. The van der Waals surface area contributed by atoms with Gasteiger partial charge < -0.3 is 4.74 Å². The van der Waals surface area contributed by atoms with E-state index >= 15 is 0 Å². The molecule has 0 atom stereocenters. The molecule has 0 aliphatic rings. The third-order valence-corrected chi connectivity index (χ3v) is 1.99. The highest BCUT2D eigenvalue weighted by molar-refractivity contribution is 9.08. The molecular weight excluding hydrogens is 249 g/mol. The summed E-state index contributed by atoms with van der Waals surface area (Å²) < 4.78 is 40.4. The summed E-state index contributed by atoms with van der Waals surface area (Å²) in [6, 6.07) is 3.48. The van der Waals surface area contributed by atoms with E-state index in [0.29, 0.717) is 0 Å². The number of halogens is 4. The summed E-state index contributed by atoms with van der Waals surface area (Å²) in [4.78, 5) is 0. The Morgan fingerprint density at radius 1 is 1.38 bits per heavy atom. The molecule has 72 valence electrons. The number of hydrogen-bond donors (Lipinski definition) is 0. The zero-order chi connectivity index (χ0) is 9.84. The van der Waals surface area contributed by atoms with Crippen LogP contribution in [0.3, 0.4) is 0 Å². The number of rotatable bonds is 3. The van der Waals surface area contributed by atoms with Crippen LogP contribution in [-0.4, -0.2) is 6.61 Å². The van der Waals surface area contributed by atoms with E-state index in [9.17, 15) is 13.2 Å². The van der Waals surface area contributed by atoms with Crippen LogP contribution in [0, 0.1) is 5.82 Å². The summed E-state index contributed by atoms with van der Waals surface area (Å²) in [6.45, 7) is -2.88. The van der Waals surface area contributed by atoms with Crippen LogP contribution in [0.15, 0.2) is 18.2 Å². The van der Waals surface area contributed by atoms with Gasteiger partial charge in [0.15, 0.2) is 0 Å². The first-order valence-electron chi connectivity index (χ1n) is 3.42. The lowest BCUT2D eigenvalue weighted by Crippen LogP contribution is -2.02. The van der Waals surface area contributed by atoms with Crippen LogP contribution in [-0.2, 0) is 5.33 Å². The van der Waals surface area contributed by atoms with E-state index in [1.165, 1.54) is 6.07 Å². The van der Waals surface area contributed by atoms with Gasteiger partial charge in [-0.1, -0.05) is 15.9 Å². The van der Waals surface area contributed by atoms with Gasteiger partial charge in [0.05, 0.1) is 0 Å². The Morgan fingerprint density at radius 3 is 2.62 bits per heavy atom. The first-order chi connectivity index (χ1) is 6.13. The monoisotopic (exact) mass is 254 g/mol. The maximum Gasteiger partial charge on any atom is 0.387 e. The lowest BCUT2D eigenvalue weighted by molar-refractivity contribution is -0.0499. The molecule has 1 nitrogen and oxygen atoms in total. The molecule has 0 heterocycles. The third-order valence-electron chi connectivity index (χ3n) is 1.39. The topological polar surface area (TPSA) is 9.23 Å². The Labute approximate surface area is 81.6 Å². The van der Waals surface area contributed by atoms with Crippen molar-refractivity contribution in [1.82, 2.24) is 0 Å². The van der Waals surface area contributed by atoms with Crippen LogP contribution in [0.2, 0.25) is 0 Å². The van der Waals surface area contributed by atoms with Crippen LogP contribution in [0.5, 0.6) is 5.75 Å². The lowest BCUT2D eigenvalue weighted by atomic mass is 10.2. The van der Waals surface area contributed by atoms with Gasteiger partial charge in [0, 0.05) is 10.9 Å². The average molecular weight is 255 g/mol. The fourth-order valence-corrected chi connectivity index (χ4v) is 1.26. The average Bonchev–Trinajstić information content (AvgIpc) is 2.07. The molecule has 0 bridgehead atoms. The molecule has 5 heteroatoms. The van der Waals surface area contributed by atoms with E-state index in [2.05, 4.69) is 20.7 Å².